The van der Waals surface area contributed by atoms with Gasteiger partial charge in [0, 0.05) is 61.7 Å². The predicted octanol–water partition coefficient (Wildman–Crippen LogP) is 5.76. The van der Waals surface area contributed by atoms with Gasteiger partial charge in [-0.1, -0.05) is 18.6 Å². The fraction of sp³-hybridized carbons (Fsp3) is 0.633. The molecule has 1 aromatic heterocycles. The second kappa shape index (κ2) is 9.24. The van der Waals surface area contributed by atoms with Gasteiger partial charge >= 0.3 is 6.18 Å². The van der Waals surface area contributed by atoms with Gasteiger partial charge in [-0.3, -0.25) is 4.98 Å². The minimum absolute atomic E-state index is 0.0666. The number of fused-ring (bicyclic) bond motifs is 4. The molecule has 2 N–H and O–H groups in total. The standard InChI is InChI=1S/C30H34F3NO5/c31-30(32,33)19-4-2-18(3-5-19)26-22-23(29(39-26)10-14-38-15-11-29)21-20(35)16-28(8-1-9-28)27(36)25(21)34-24(22)17-6-12-37-13-7-17/h2-5,17,20,26-27,35-36H,1,6-16H2. The highest BCUT2D eigenvalue weighted by molar-refractivity contribution is 5.55. The first-order chi connectivity index (χ1) is 18.7. The summed E-state index contributed by atoms with van der Waals surface area (Å²) < 4.78 is 58.4. The average Bonchev–Trinajstić information content (AvgIpc) is 3.23. The van der Waals surface area contributed by atoms with Crippen molar-refractivity contribution in [2.24, 2.45) is 5.41 Å². The van der Waals surface area contributed by atoms with Gasteiger partial charge in [-0.2, -0.15) is 13.2 Å². The monoisotopic (exact) mass is 545 g/mol. The second-order valence-electron chi connectivity index (χ2n) is 12.0. The highest BCUT2D eigenvalue weighted by Crippen LogP contribution is 2.63. The fourth-order valence-electron chi connectivity index (χ4n) is 7.73. The first-order valence-electron chi connectivity index (χ1n) is 14.2. The van der Waals surface area contributed by atoms with E-state index in [2.05, 4.69) is 0 Å². The van der Waals surface area contributed by atoms with Crippen LogP contribution in [0.15, 0.2) is 24.3 Å². The van der Waals surface area contributed by atoms with Gasteiger partial charge < -0.3 is 24.4 Å². The summed E-state index contributed by atoms with van der Waals surface area (Å²) in [5.74, 6) is 0.0666. The van der Waals surface area contributed by atoms with Crippen molar-refractivity contribution >= 4 is 0 Å². The minimum Gasteiger partial charge on any atom is -0.388 e. The van der Waals surface area contributed by atoms with Crippen LogP contribution in [0.2, 0.25) is 0 Å². The molecule has 2 saturated heterocycles. The normalized spacial score (nSPS) is 29.7. The first-order valence-corrected chi connectivity index (χ1v) is 14.2. The van der Waals surface area contributed by atoms with Crippen molar-refractivity contribution in [1.82, 2.24) is 4.98 Å². The Morgan fingerprint density at radius 3 is 2.13 bits per heavy atom. The van der Waals surface area contributed by atoms with Gasteiger partial charge in [0.25, 0.3) is 0 Å². The Balaban J connectivity index is 1.45. The fourth-order valence-corrected chi connectivity index (χ4v) is 7.73. The number of nitrogens with zero attached hydrogens (tertiary/aromatic N) is 1. The quantitative estimate of drug-likeness (QED) is 0.500. The Bertz CT molecular complexity index is 1250. The molecule has 210 valence electrons. The summed E-state index contributed by atoms with van der Waals surface area (Å²) in [4.78, 5) is 5.17. The van der Waals surface area contributed by atoms with E-state index in [-0.39, 0.29) is 11.3 Å². The topological polar surface area (TPSA) is 81.0 Å². The summed E-state index contributed by atoms with van der Waals surface area (Å²) in [6.45, 7) is 2.15. The molecule has 3 fully saturated rings. The zero-order valence-corrected chi connectivity index (χ0v) is 21.8. The van der Waals surface area contributed by atoms with E-state index in [4.69, 9.17) is 19.2 Å². The Hall–Kier alpha value is -2.04. The van der Waals surface area contributed by atoms with Crippen molar-refractivity contribution in [2.75, 3.05) is 26.4 Å². The maximum Gasteiger partial charge on any atom is 0.416 e. The third-order valence-corrected chi connectivity index (χ3v) is 9.96. The number of halogens is 3. The summed E-state index contributed by atoms with van der Waals surface area (Å²) in [5, 5.41) is 23.4. The van der Waals surface area contributed by atoms with Gasteiger partial charge in [-0.05, 0) is 55.4 Å². The minimum atomic E-state index is -4.43. The van der Waals surface area contributed by atoms with Crippen LogP contribution in [0.4, 0.5) is 13.2 Å². The van der Waals surface area contributed by atoms with Crippen LogP contribution in [0.25, 0.3) is 0 Å². The molecule has 3 atom stereocenters. The molecule has 0 amide bonds. The molecule has 0 bridgehead atoms. The van der Waals surface area contributed by atoms with Crippen molar-refractivity contribution < 1.29 is 37.6 Å². The number of aliphatic hydroxyl groups excluding tert-OH is 2. The van der Waals surface area contributed by atoms with E-state index in [0.717, 1.165) is 61.1 Å². The Labute approximate surface area is 225 Å². The van der Waals surface area contributed by atoms with Crippen molar-refractivity contribution in [3.05, 3.63) is 63.5 Å². The van der Waals surface area contributed by atoms with E-state index in [9.17, 15) is 23.4 Å². The maximum atomic E-state index is 13.4. The lowest BCUT2D eigenvalue weighted by atomic mass is 9.57. The number of ether oxygens (including phenoxy) is 3. The van der Waals surface area contributed by atoms with Crippen LogP contribution in [-0.4, -0.2) is 41.6 Å². The maximum absolute atomic E-state index is 13.4. The molecule has 4 heterocycles. The summed E-state index contributed by atoms with van der Waals surface area (Å²) in [6, 6.07) is 5.20. The highest BCUT2D eigenvalue weighted by atomic mass is 19.4. The van der Waals surface area contributed by atoms with E-state index in [1.807, 2.05) is 0 Å². The van der Waals surface area contributed by atoms with E-state index >= 15 is 0 Å². The Morgan fingerprint density at radius 2 is 1.51 bits per heavy atom. The van der Waals surface area contributed by atoms with Gasteiger partial charge in [0.15, 0.2) is 0 Å². The third-order valence-electron chi connectivity index (χ3n) is 9.96. The molecule has 9 heteroatoms. The zero-order chi connectivity index (χ0) is 27.0. The molecule has 3 aliphatic heterocycles. The van der Waals surface area contributed by atoms with Gasteiger partial charge in [-0.15, -0.1) is 0 Å². The highest BCUT2D eigenvalue weighted by Gasteiger charge is 2.56. The Kier molecular flexibility index (Phi) is 6.14. The van der Waals surface area contributed by atoms with Crippen LogP contribution in [0.1, 0.15) is 115 Å². The number of benzene rings is 1. The van der Waals surface area contributed by atoms with Crippen molar-refractivity contribution in [3.8, 4) is 0 Å². The lowest BCUT2D eigenvalue weighted by Gasteiger charge is -2.51. The predicted molar refractivity (Wildman–Crippen MR) is 134 cm³/mol. The van der Waals surface area contributed by atoms with Crippen molar-refractivity contribution in [2.45, 2.75) is 87.4 Å². The molecule has 2 aromatic rings. The van der Waals surface area contributed by atoms with Crippen LogP contribution in [0.3, 0.4) is 0 Å². The number of pyridine rings is 1. The lowest BCUT2D eigenvalue weighted by molar-refractivity contribution is -0.137. The van der Waals surface area contributed by atoms with Gasteiger partial charge in [0.1, 0.15) is 12.2 Å². The summed E-state index contributed by atoms with van der Waals surface area (Å²) >= 11 is 0. The van der Waals surface area contributed by atoms with E-state index in [1.165, 1.54) is 12.1 Å². The molecule has 7 rings (SSSR count). The van der Waals surface area contributed by atoms with Crippen molar-refractivity contribution in [3.63, 3.8) is 0 Å². The summed E-state index contributed by atoms with van der Waals surface area (Å²) in [7, 11) is 0. The molecule has 0 radical (unpaired) electrons. The molecule has 2 aliphatic carbocycles. The Morgan fingerprint density at radius 1 is 0.846 bits per heavy atom. The van der Waals surface area contributed by atoms with Crippen LogP contribution < -0.4 is 0 Å². The molecular formula is C30H34F3NO5. The molecule has 5 aliphatic rings. The van der Waals surface area contributed by atoms with Crippen LogP contribution in [0, 0.1) is 5.41 Å². The van der Waals surface area contributed by atoms with Gasteiger partial charge in [-0.25, -0.2) is 0 Å². The SMILES string of the molecule is OC1CC2(CCC2)C(O)c2nc(C3CCOCC3)c3c(c21)C1(CCOCC1)OC3c1ccc(C(F)(F)F)cc1. The first kappa shape index (κ1) is 25.9. The van der Waals surface area contributed by atoms with Gasteiger partial charge in [0.05, 0.1) is 28.7 Å². The number of alkyl halides is 3. The van der Waals surface area contributed by atoms with E-state index in [0.29, 0.717) is 62.5 Å². The number of aliphatic hydroxyl groups is 2. The molecular weight excluding hydrogens is 511 g/mol. The summed E-state index contributed by atoms with van der Waals surface area (Å²) in [6.07, 6.45) is -0.737. The van der Waals surface area contributed by atoms with E-state index in [1.54, 1.807) is 0 Å². The number of aromatic nitrogens is 1. The number of rotatable bonds is 2. The average molecular weight is 546 g/mol. The smallest absolute Gasteiger partial charge is 0.388 e. The van der Waals surface area contributed by atoms with Crippen molar-refractivity contribution in [1.29, 1.82) is 0 Å². The molecule has 1 aromatic carbocycles. The second-order valence-corrected chi connectivity index (χ2v) is 12.0. The summed E-state index contributed by atoms with van der Waals surface area (Å²) in [5.41, 5.74) is 2.63. The van der Waals surface area contributed by atoms with Gasteiger partial charge in [0.2, 0.25) is 0 Å². The lowest BCUT2D eigenvalue weighted by Crippen LogP contribution is -2.43. The molecule has 3 unspecified atom stereocenters. The molecule has 1 saturated carbocycles. The number of hydrogen-bond acceptors (Lipinski definition) is 6. The van der Waals surface area contributed by atoms with E-state index < -0.39 is 35.7 Å². The molecule has 39 heavy (non-hydrogen) atoms. The number of hydrogen-bond donors (Lipinski definition) is 2. The molecule has 2 spiro atoms. The third kappa shape index (κ3) is 3.99. The van der Waals surface area contributed by atoms with Crippen LogP contribution in [0.5, 0.6) is 0 Å². The van der Waals surface area contributed by atoms with Crippen LogP contribution >= 0.6 is 0 Å². The largest absolute Gasteiger partial charge is 0.416 e. The zero-order valence-electron chi connectivity index (χ0n) is 21.8. The van der Waals surface area contributed by atoms with Crippen LogP contribution in [-0.2, 0) is 26.0 Å². The molecule has 6 nitrogen and oxygen atoms in total.